The number of aromatic nitrogens is 1. The molecule has 1 unspecified atom stereocenters. The largest absolute Gasteiger partial charge is 0.316 e. The number of carbonyl (C=O) groups is 2. The monoisotopic (exact) mass is 321 g/mol. The lowest BCUT2D eigenvalue weighted by Gasteiger charge is -2.26. The van der Waals surface area contributed by atoms with Gasteiger partial charge in [0, 0.05) is 12.8 Å². The zero-order chi connectivity index (χ0) is 15.7. The second kappa shape index (κ2) is 6.08. The minimum Gasteiger partial charge on any atom is -0.316 e. The van der Waals surface area contributed by atoms with E-state index in [0.29, 0.717) is 23.9 Å². The van der Waals surface area contributed by atoms with E-state index in [9.17, 15) is 9.59 Å². The molecular weight excluding hydrogens is 298 g/mol. The molecule has 1 fully saturated rings. The molecule has 0 saturated carbocycles. The highest BCUT2D eigenvalue weighted by Gasteiger charge is 2.34. The first-order valence-corrected chi connectivity index (χ1v) is 8.78. The first kappa shape index (κ1) is 15.6. The van der Waals surface area contributed by atoms with Gasteiger partial charge in [0.15, 0.2) is 10.9 Å². The Kier molecular flexibility index (Phi) is 4.32. The van der Waals surface area contributed by atoms with Gasteiger partial charge in [0.05, 0.1) is 10.6 Å². The number of anilines is 1. The summed E-state index contributed by atoms with van der Waals surface area (Å²) in [4.78, 5) is 29.4. The van der Waals surface area contributed by atoms with Crippen LogP contribution in [0.2, 0.25) is 0 Å². The molecule has 2 N–H and O–H groups in total. The van der Waals surface area contributed by atoms with Gasteiger partial charge in [0.1, 0.15) is 0 Å². The van der Waals surface area contributed by atoms with E-state index < -0.39 is 0 Å². The van der Waals surface area contributed by atoms with Crippen molar-refractivity contribution >= 4 is 28.2 Å². The van der Waals surface area contributed by atoms with Crippen molar-refractivity contribution in [3.05, 3.63) is 10.6 Å². The predicted molar refractivity (Wildman–Crippen MR) is 87.4 cm³/mol. The molecule has 2 heterocycles. The summed E-state index contributed by atoms with van der Waals surface area (Å²) in [5.41, 5.74) is 0.816. The van der Waals surface area contributed by atoms with Gasteiger partial charge in [-0.25, -0.2) is 4.98 Å². The molecule has 22 heavy (non-hydrogen) atoms. The lowest BCUT2D eigenvalue weighted by molar-refractivity contribution is -0.116. The van der Waals surface area contributed by atoms with Crippen molar-refractivity contribution < 1.29 is 9.59 Å². The van der Waals surface area contributed by atoms with E-state index in [1.807, 2.05) is 0 Å². The van der Waals surface area contributed by atoms with E-state index in [1.54, 1.807) is 0 Å². The van der Waals surface area contributed by atoms with E-state index in [4.69, 9.17) is 0 Å². The van der Waals surface area contributed by atoms with E-state index in [0.717, 1.165) is 42.9 Å². The van der Waals surface area contributed by atoms with Crippen LogP contribution in [0, 0.1) is 11.3 Å². The number of nitrogens with one attached hydrogen (secondary N) is 2. The van der Waals surface area contributed by atoms with Crippen LogP contribution in [-0.2, 0) is 11.2 Å². The fraction of sp³-hybridized carbons (Fsp3) is 0.688. The molecule has 120 valence electrons. The van der Waals surface area contributed by atoms with Crippen LogP contribution in [0.15, 0.2) is 0 Å². The van der Waals surface area contributed by atoms with Crippen LogP contribution in [0.4, 0.5) is 5.13 Å². The van der Waals surface area contributed by atoms with Gasteiger partial charge < -0.3 is 10.6 Å². The number of thiazole rings is 1. The summed E-state index contributed by atoms with van der Waals surface area (Å²) in [7, 11) is 0. The van der Waals surface area contributed by atoms with E-state index in [1.165, 1.54) is 11.3 Å². The molecule has 1 aliphatic heterocycles. The topological polar surface area (TPSA) is 71.1 Å². The van der Waals surface area contributed by atoms with Crippen LogP contribution in [0.5, 0.6) is 0 Å². The number of hydrogen-bond donors (Lipinski definition) is 2. The maximum absolute atomic E-state index is 12.2. The number of hydrogen-bond acceptors (Lipinski definition) is 5. The summed E-state index contributed by atoms with van der Waals surface area (Å²) >= 11 is 1.33. The van der Waals surface area contributed by atoms with E-state index in [2.05, 4.69) is 29.5 Å². The number of Topliss-reactive ketones (excluding diaryl/α,β-unsaturated/α-hetero) is 1. The molecule has 1 aromatic heterocycles. The lowest BCUT2D eigenvalue weighted by Crippen LogP contribution is -2.26. The Bertz CT molecular complexity index is 588. The third-order valence-corrected chi connectivity index (χ3v) is 5.48. The zero-order valence-corrected chi connectivity index (χ0v) is 14.0. The summed E-state index contributed by atoms with van der Waals surface area (Å²) in [6.07, 6.45) is 3.95. The Morgan fingerprint density at radius 3 is 3.00 bits per heavy atom. The van der Waals surface area contributed by atoms with Gasteiger partial charge >= 0.3 is 0 Å². The lowest BCUT2D eigenvalue weighted by atomic mass is 9.78. The Labute approximate surface area is 134 Å². The standard InChI is InChI=1S/C16H23N3O2S/c1-16(2)7-11-14(12(20)8-16)22-15(18-11)19-13(21)4-3-10-5-6-17-9-10/h10,17H,3-9H2,1-2H3,(H,18,19,21). The van der Waals surface area contributed by atoms with Crippen LogP contribution >= 0.6 is 11.3 Å². The Morgan fingerprint density at radius 2 is 2.27 bits per heavy atom. The van der Waals surface area contributed by atoms with Crippen LogP contribution in [0.25, 0.3) is 0 Å². The van der Waals surface area contributed by atoms with Gasteiger partial charge in [-0.2, -0.15) is 0 Å². The quantitative estimate of drug-likeness (QED) is 0.894. The number of carbonyl (C=O) groups excluding carboxylic acids is 2. The molecule has 1 amide bonds. The molecule has 1 aromatic rings. The molecule has 0 aromatic carbocycles. The van der Waals surface area contributed by atoms with Gasteiger partial charge in [0.2, 0.25) is 5.91 Å². The fourth-order valence-corrected chi connectivity index (χ4v) is 4.19. The molecule has 3 rings (SSSR count). The number of nitrogens with zero attached hydrogens (tertiary/aromatic N) is 1. The third-order valence-electron chi connectivity index (χ3n) is 4.42. The number of rotatable bonds is 4. The average Bonchev–Trinajstić information content (AvgIpc) is 3.04. The zero-order valence-electron chi connectivity index (χ0n) is 13.2. The third kappa shape index (κ3) is 3.55. The van der Waals surface area contributed by atoms with Crippen molar-refractivity contribution in [1.29, 1.82) is 0 Å². The Balaban J connectivity index is 1.59. The molecule has 6 heteroatoms. The van der Waals surface area contributed by atoms with Crippen molar-refractivity contribution in [3.8, 4) is 0 Å². The molecule has 2 aliphatic rings. The number of amides is 1. The van der Waals surface area contributed by atoms with Gasteiger partial charge in [-0.3, -0.25) is 9.59 Å². The highest BCUT2D eigenvalue weighted by Crippen LogP contribution is 2.38. The summed E-state index contributed by atoms with van der Waals surface area (Å²) in [5.74, 6) is 0.767. The smallest absolute Gasteiger partial charge is 0.226 e. The van der Waals surface area contributed by atoms with Gasteiger partial charge in [-0.05, 0) is 43.7 Å². The van der Waals surface area contributed by atoms with Crippen LogP contribution in [0.1, 0.15) is 54.9 Å². The molecule has 1 aliphatic carbocycles. The molecule has 0 bridgehead atoms. The van der Waals surface area contributed by atoms with Crippen molar-refractivity contribution in [2.24, 2.45) is 11.3 Å². The minimum absolute atomic E-state index is 0.00436. The van der Waals surface area contributed by atoms with Crippen LogP contribution < -0.4 is 10.6 Å². The maximum Gasteiger partial charge on any atom is 0.226 e. The summed E-state index contributed by atoms with van der Waals surface area (Å²) in [6.45, 7) is 6.24. The highest BCUT2D eigenvalue weighted by atomic mass is 32.1. The molecular formula is C16H23N3O2S. The van der Waals surface area contributed by atoms with Gasteiger partial charge in [0.25, 0.3) is 0 Å². The van der Waals surface area contributed by atoms with E-state index in [-0.39, 0.29) is 17.1 Å². The van der Waals surface area contributed by atoms with Crippen LogP contribution in [0.3, 0.4) is 0 Å². The average molecular weight is 321 g/mol. The predicted octanol–water partition coefficient (Wildman–Crippen LogP) is 2.63. The van der Waals surface area contributed by atoms with Crippen LogP contribution in [-0.4, -0.2) is 29.8 Å². The first-order chi connectivity index (χ1) is 10.4. The molecule has 0 radical (unpaired) electrons. The molecule has 5 nitrogen and oxygen atoms in total. The molecule has 0 spiro atoms. The second-order valence-corrected chi connectivity index (χ2v) is 8.18. The Hall–Kier alpha value is -1.27. The van der Waals surface area contributed by atoms with Crippen molar-refractivity contribution in [1.82, 2.24) is 10.3 Å². The van der Waals surface area contributed by atoms with Crippen molar-refractivity contribution in [2.45, 2.75) is 46.0 Å². The summed E-state index contributed by atoms with van der Waals surface area (Å²) < 4.78 is 0. The Morgan fingerprint density at radius 1 is 1.45 bits per heavy atom. The first-order valence-electron chi connectivity index (χ1n) is 7.96. The van der Waals surface area contributed by atoms with Gasteiger partial charge in [-0.1, -0.05) is 25.2 Å². The SMILES string of the molecule is CC1(C)CC(=O)c2sc(NC(=O)CCC3CCNC3)nc2C1. The highest BCUT2D eigenvalue weighted by molar-refractivity contribution is 7.17. The summed E-state index contributed by atoms with van der Waals surface area (Å²) in [5, 5.41) is 6.75. The number of fused-ring (bicyclic) bond motifs is 1. The maximum atomic E-state index is 12.2. The van der Waals surface area contributed by atoms with E-state index >= 15 is 0 Å². The summed E-state index contributed by atoms with van der Waals surface area (Å²) in [6, 6.07) is 0. The minimum atomic E-state index is -0.0328. The number of ketones is 1. The molecule has 1 saturated heterocycles. The van der Waals surface area contributed by atoms with Gasteiger partial charge in [-0.15, -0.1) is 0 Å². The molecule has 1 atom stereocenters. The second-order valence-electron chi connectivity index (χ2n) is 7.18. The normalized spacial score (nSPS) is 23.4. The fourth-order valence-electron chi connectivity index (χ4n) is 3.25. The van der Waals surface area contributed by atoms with Crippen molar-refractivity contribution in [3.63, 3.8) is 0 Å². The van der Waals surface area contributed by atoms with Crippen molar-refractivity contribution in [2.75, 3.05) is 18.4 Å².